The Morgan fingerprint density at radius 1 is 1.09 bits per heavy atom. The first kappa shape index (κ1) is 21.7. The van der Waals surface area contributed by atoms with Gasteiger partial charge in [-0.2, -0.15) is 0 Å². The molecule has 3 aromatic carbocycles. The molecule has 1 heterocycles. The summed E-state index contributed by atoms with van der Waals surface area (Å²) in [5.41, 5.74) is 5.71. The number of carbonyl (C=O) groups is 1. The molecule has 0 radical (unpaired) electrons. The first-order valence-electron chi connectivity index (χ1n) is 10.9. The summed E-state index contributed by atoms with van der Waals surface area (Å²) in [5, 5.41) is 14.1. The number of amides is 1. The highest BCUT2D eigenvalue weighted by Crippen LogP contribution is 2.29. The number of carbonyl (C=O) groups excluding carboxylic acids is 1. The Bertz CT molecular complexity index is 1230. The van der Waals surface area contributed by atoms with E-state index in [-0.39, 0.29) is 12.5 Å². The number of hydrogen-bond donors (Lipinski definition) is 3. The Balaban J connectivity index is 1.60. The normalized spacial score (nSPS) is 12.0. The first-order valence-corrected chi connectivity index (χ1v) is 10.9. The fraction of sp³-hybridized carbons (Fsp3) is 0.222. The van der Waals surface area contributed by atoms with E-state index in [0.717, 1.165) is 33.2 Å². The molecule has 0 saturated carbocycles. The number of fused-ring (bicyclic) bond motifs is 1. The van der Waals surface area contributed by atoms with Gasteiger partial charge in [0.1, 0.15) is 5.75 Å². The third-order valence-electron chi connectivity index (χ3n) is 5.68. The van der Waals surface area contributed by atoms with Gasteiger partial charge in [-0.05, 0) is 60.7 Å². The predicted octanol–water partition coefficient (Wildman–Crippen LogP) is 4.88. The SMILES string of the molecule is CCOc1ccc(-c2ccccc2C)cc1C(=O)N[C@@H](CO)Cc1c[nH]c2ccccc12. The number of nitrogens with one attached hydrogen (secondary N) is 2. The lowest BCUT2D eigenvalue weighted by atomic mass is 9.98. The zero-order valence-electron chi connectivity index (χ0n) is 18.4. The largest absolute Gasteiger partial charge is 0.493 e. The van der Waals surface area contributed by atoms with Crippen LogP contribution in [0.15, 0.2) is 72.9 Å². The van der Waals surface area contributed by atoms with Gasteiger partial charge in [0.15, 0.2) is 0 Å². The van der Waals surface area contributed by atoms with E-state index in [1.807, 2.05) is 73.8 Å². The van der Waals surface area contributed by atoms with Gasteiger partial charge in [0.05, 0.1) is 24.8 Å². The van der Waals surface area contributed by atoms with Crippen molar-refractivity contribution in [3.05, 3.63) is 89.6 Å². The van der Waals surface area contributed by atoms with Crippen LogP contribution in [0.4, 0.5) is 0 Å². The minimum Gasteiger partial charge on any atom is -0.493 e. The van der Waals surface area contributed by atoms with Crippen molar-refractivity contribution in [1.29, 1.82) is 0 Å². The second-order valence-corrected chi connectivity index (χ2v) is 7.88. The van der Waals surface area contributed by atoms with Crippen LogP contribution in [0.25, 0.3) is 22.0 Å². The number of aromatic nitrogens is 1. The number of aromatic amines is 1. The van der Waals surface area contributed by atoms with Gasteiger partial charge < -0.3 is 20.1 Å². The van der Waals surface area contributed by atoms with Crippen molar-refractivity contribution in [3.63, 3.8) is 0 Å². The number of aryl methyl sites for hydroxylation is 1. The monoisotopic (exact) mass is 428 g/mol. The Hall–Kier alpha value is -3.57. The topological polar surface area (TPSA) is 74.3 Å². The van der Waals surface area contributed by atoms with Gasteiger partial charge in [-0.3, -0.25) is 4.79 Å². The predicted molar refractivity (Wildman–Crippen MR) is 128 cm³/mol. The second kappa shape index (κ2) is 9.71. The third kappa shape index (κ3) is 4.53. The number of para-hydroxylation sites is 1. The van der Waals surface area contributed by atoms with Gasteiger partial charge in [-0.25, -0.2) is 0 Å². The van der Waals surface area contributed by atoms with Crippen molar-refractivity contribution in [1.82, 2.24) is 10.3 Å². The highest BCUT2D eigenvalue weighted by molar-refractivity contribution is 5.98. The number of H-pyrrole nitrogens is 1. The molecule has 0 fully saturated rings. The van der Waals surface area contributed by atoms with Crippen LogP contribution in [0.2, 0.25) is 0 Å². The minimum absolute atomic E-state index is 0.160. The maximum atomic E-state index is 13.3. The third-order valence-corrected chi connectivity index (χ3v) is 5.68. The van der Waals surface area contributed by atoms with Crippen LogP contribution in [-0.2, 0) is 6.42 Å². The van der Waals surface area contributed by atoms with Crippen LogP contribution >= 0.6 is 0 Å². The van der Waals surface area contributed by atoms with Gasteiger partial charge in [0.25, 0.3) is 5.91 Å². The zero-order valence-corrected chi connectivity index (χ0v) is 18.4. The smallest absolute Gasteiger partial charge is 0.255 e. The summed E-state index contributed by atoms with van der Waals surface area (Å²) in [6.07, 6.45) is 2.46. The summed E-state index contributed by atoms with van der Waals surface area (Å²) in [6.45, 7) is 4.24. The van der Waals surface area contributed by atoms with E-state index < -0.39 is 6.04 Å². The Labute approximate surface area is 188 Å². The summed E-state index contributed by atoms with van der Waals surface area (Å²) in [6, 6.07) is 21.3. The van der Waals surface area contributed by atoms with Crippen LogP contribution < -0.4 is 10.1 Å². The molecule has 3 N–H and O–H groups in total. The standard InChI is InChI=1S/C27H28N2O3/c1-3-32-26-13-12-19(22-9-5-4-8-18(22)2)15-24(26)27(31)29-21(17-30)14-20-16-28-25-11-7-6-10-23(20)25/h4-13,15-16,21,28,30H,3,14,17H2,1-2H3,(H,29,31)/t21-/m1/s1. The van der Waals surface area contributed by atoms with Crippen LogP contribution in [0.5, 0.6) is 5.75 Å². The molecule has 0 aliphatic carbocycles. The highest BCUT2D eigenvalue weighted by Gasteiger charge is 2.19. The van der Waals surface area contributed by atoms with Crippen LogP contribution in [0.1, 0.15) is 28.4 Å². The minimum atomic E-state index is -0.418. The molecule has 1 atom stereocenters. The van der Waals surface area contributed by atoms with Crippen molar-refractivity contribution in [2.75, 3.05) is 13.2 Å². The number of rotatable bonds is 8. The van der Waals surface area contributed by atoms with E-state index in [0.29, 0.717) is 24.3 Å². The average Bonchev–Trinajstić information content (AvgIpc) is 3.22. The molecular weight excluding hydrogens is 400 g/mol. The summed E-state index contributed by atoms with van der Waals surface area (Å²) in [5.74, 6) is 0.272. The average molecular weight is 429 g/mol. The first-order chi connectivity index (χ1) is 15.6. The molecule has 0 bridgehead atoms. The molecule has 5 heteroatoms. The Kier molecular flexibility index (Phi) is 6.57. The molecule has 32 heavy (non-hydrogen) atoms. The Morgan fingerprint density at radius 2 is 1.88 bits per heavy atom. The summed E-state index contributed by atoms with van der Waals surface area (Å²) in [4.78, 5) is 16.5. The number of ether oxygens (including phenoxy) is 1. The van der Waals surface area contributed by atoms with Crippen molar-refractivity contribution < 1.29 is 14.6 Å². The van der Waals surface area contributed by atoms with E-state index in [1.165, 1.54) is 0 Å². The molecule has 4 rings (SSSR count). The maximum Gasteiger partial charge on any atom is 0.255 e. The van der Waals surface area contributed by atoms with Crippen LogP contribution in [-0.4, -0.2) is 35.3 Å². The molecule has 1 amide bonds. The quantitative estimate of drug-likeness (QED) is 0.375. The van der Waals surface area contributed by atoms with Crippen molar-refractivity contribution >= 4 is 16.8 Å². The summed E-state index contributed by atoms with van der Waals surface area (Å²) in [7, 11) is 0. The van der Waals surface area contributed by atoms with Gasteiger partial charge in [-0.15, -0.1) is 0 Å². The van der Waals surface area contributed by atoms with Crippen molar-refractivity contribution in [2.24, 2.45) is 0 Å². The van der Waals surface area contributed by atoms with Crippen LogP contribution in [0, 0.1) is 6.92 Å². The maximum absolute atomic E-state index is 13.3. The Morgan fingerprint density at radius 3 is 2.66 bits per heavy atom. The van der Waals surface area contributed by atoms with Gasteiger partial charge in [-0.1, -0.05) is 48.5 Å². The molecule has 0 aliphatic rings. The van der Waals surface area contributed by atoms with Gasteiger partial charge in [0.2, 0.25) is 0 Å². The fourth-order valence-electron chi connectivity index (χ4n) is 4.04. The van der Waals surface area contributed by atoms with E-state index >= 15 is 0 Å². The number of hydrogen-bond acceptors (Lipinski definition) is 3. The molecule has 0 spiro atoms. The molecule has 1 aromatic heterocycles. The molecule has 0 saturated heterocycles. The van der Waals surface area contributed by atoms with Crippen molar-refractivity contribution in [3.8, 4) is 16.9 Å². The molecule has 164 valence electrons. The van der Waals surface area contributed by atoms with E-state index in [4.69, 9.17) is 4.74 Å². The lowest BCUT2D eigenvalue weighted by molar-refractivity contribution is 0.0913. The molecule has 0 unspecified atom stereocenters. The lowest BCUT2D eigenvalue weighted by Gasteiger charge is -2.18. The van der Waals surface area contributed by atoms with Crippen molar-refractivity contribution in [2.45, 2.75) is 26.3 Å². The summed E-state index contributed by atoms with van der Waals surface area (Å²) < 4.78 is 5.73. The van der Waals surface area contributed by atoms with Gasteiger partial charge in [0, 0.05) is 17.1 Å². The molecule has 4 aromatic rings. The van der Waals surface area contributed by atoms with E-state index in [2.05, 4.69) is 23.3 Å². The number of aliphatic hydroxyl groups excluding tert-OH is 1. The van der Waals surface area contributed by atoms with Crippen LogP contribution in [0.3, 0.4) is 0 Å². The fourth-order valence-corrected chi connectivity index (χ4v) is 4.04. The van der Waals surface area contributed by atoms with E-state index in [9.17, 15) is 9.90 Å². The number of aliphatic hydroxyl groups is 1. The molecular formula is C27H28N2O3. The van der Waals surface area contributed by atoms with E-state index in [1.54, 1.807) is 0 Å². The molecule has 5 nitrogen and oxygen atoms in total. The summed E-state index contributed by atoms with van der Waals surface area (Å²) >= 11 is 0. The molecule has 0 aliphatic heterocycles. The zero-order chi connectivity index (χ0) is 22.5. The second-order valence-electron chi connectivity index (χ2n) is 7.88. The lowest BCUT2D eigenvalue weighted by Crippen LogP contribution is -2.39. The number of benzene rings is 3. The van der Waals surface area contributed by atoms with Gasteiger partial charge >= 0.3 is 0 Å². The highest BCUT2D eigenvalue weighted by atomic mass is 16.5.